The fourth-order valence-electron chi connectivity index (χ4n) is 3.85. The third-order valence-corrected chi connectivity index (χ3v) is 6.48. The molecule has 0 unspecified atom stereocenters. The number of hydrogen-bond donors (Lipinski definition) is 5. The molecule has 0 saturated heterocycles. The zero-order chi connectivity index (χ0) is 28.4. The van der Waals surface area contributed by atoms with Crippen LogP contribution in [0.5, 0.6) is 5.75 Å². The number of rotatable bonds is 8. The van der Waals surface area contributed by atoms with Crippen LogP contribution < -0.4 is 35.9 Å². The molecule has 3 rings (SSSR count). The topological polar surface area (TPSA) is 159 Å². The number of carbonyl (C=O) groups excluding carboxylic acids is 1. The van der Waals surface area contributed by atoms with E-state index in [-0.39, 0.29) is 16.9 Å². The number of sulfonamides is 1. The molecule has 1 heterocycles. The molecule has 0 radical (unpaired) electrons. The molecule has 0 fully saturated rings. The Balaban J connectivity index is 1.99. The number of anilines is 3. The lowest BCUT2D eigenvalue weighted by molar-refractivity contribution is -0.672. The molecule has 7 N–H and O–H groups in total. The number of amides is 1. The molecule has 0 saturated carbocycles. The first kappa shape index (κ1) is 28.5. The Morgan fingerprint density at radius 1 is 1.18 bits per heavy atom. The highest BCUT2D eigenvalue weighted by Crippen LogP contribution is 2.39. The molecule has 0 aliphatic carbocycles. The molecular formula is C26H36N7O4S+. The highest BCUT2D eigenvalue weighted by Gasteiger charge is 2.23. The minimum Gasteiger partial charge on any atom is -0.492 e. The molecule has 0 bridgehead atoms. The third kappa shape index (κ3) is 6.64. The van der Waals surface area contributed by atoms with Gasteiger partial charge in [-0.2, -0.15) is 0 Å². The van der Waals surface area contributed by atoms with Gasteiger partial charge in [0.05, 0.1) is 37.5 Å². The Morgan fingerprint density at radius 2 is 1.84 bits per heavy atom. The number of aromatic amines is 1. The van der Waals surface area contributed by atoms with Gasteiger partial charge in [0.1, 0.15) is 11.9 Å². The Bertz CT molecular complexity index is 1490. The Labute approximate surface area is 223 Å². The lowest BCUT2D eigenvalue weighted by atomic mass is 9.86. The van der Waals surface area contributed by atoms with Gasteiger partial charge in [0.25, 0.3) is 5.91 Å². The summed E-state index contributed by atoms with van der Waals surface area (Å²) in [5.74, 6) is 6.07. The fourth-order valence-corrected chi connectivity index (χ4v) is 4.40. The number of H-pyrrole nitrogens is 1. The highest BCUT2D eigenvalue weighted by molar-refractivity contribution is 7.92. The zero-order valence-electron chi connectivity index (χ0n) is 22.7. The number of nitrogens with zero attached hydrogens (tertiary/aromatic N) is 2. The number of benzene rings is 2. The van der Waals surface area contributed by atoms with Crippen molar-refractivity contribution in [3.05, 3.63) is 71.4 Å². The maximum atomic E-state index is 13.4. The molecule has 0 aliphatic heterocycles. The van der Waals surface area contributed by atoms with Crippen molar-refractivity contribution >= 4 is 38.7 Å². The number of aryl methyl sites for hydroxylation is 2. The number of imidazole rings is 1. The molecule has 0 atom stereocenters. The predicted octanol–water partition coefficient (Wildman–Crippen LogP) is 2.71. The SMILES string of the molecule is COc1c(NC(=O)c2ccc(C)c(N(N)/C=C(\N)c3c[nH]c[n+]3C)c2)cc(C(C)(C)C)cc1NS(C)(=O)=O. The summed E-state index contributed by atoms with van der Waals surface area (Å²) in [6.07, 6.45) is 6.14. The van der Waals surface area contributed by atoms with Crippen LogP contribution in [0.2, 0.25) is 0 Å². The average molecular weight is 543 g/mol. The number of aromatic nitrogens is 2. The van der Waals surface area contributed by atoms with E-state index >= 15 is 0 Å². The maximum Gasteiger partial charge on any atom is 0.255 e. The molecule has 0 aliphatic rings. The van der Waals surface area contributed by atoms with Crippen LogP contribution in [0.1, 0.15) is 48.0 Å². The highest BCUT2D eigenvalue weighted by atomic mass is 32.2. The average Bonchev–Trinajstić information content (AvgIpc) is 3.23. The Hall–Kier alpha value is -4.03. The third-order valence-electron chi connectivity index (χ3n) is 5.89. The van der Waals surface area contributed by atoms with Crippen molar-refractivity contribution in [2.45, 2.75) is 33.1 Å². The van der Waals surface area contributed by atoms with Gasteiger partial charge in [0, 0.05) is 11.8 Å². The smallest absolute Gasteiger partial charge is 0.255 e. The van der Waals surface area contributed by atoms with Crippen molar-refractivity contribution in [3.8, 4) is 5.75 Å². The molecular weight excluding hydrogens is 506 g/mol. The Morgan fingerprint density at radius 3 is 2.39 bits per heavy atom. The lowest BCUT2D eigenvalue weighted by Gasteiger charge is -2.24. The fraction of sp³-hybridized carbons (Fsp3) is 0.308. The van der Waals surface area contributed by atoms with Crippen molar-refractivity contribution in [2.24, 2.45) is 18.6 Å². The predicted molar refractivity (Wildman–Crippen MR) is 150 cm³/mol. The monoisotopic (exact) mass is 542 g/mol. The first-order chi connectivity index (χ1) is 17.6. The van der Waals surface area contributed by atoms with Crippen molar-refractivity contribution in [3.63, 3.8) is 0 Å². The van der Waals surface area contributed by atoms with Gasteiger partial charge in [-0.25, -0.2) is 23.8 Å². The molecule has 12 heteroatoms. The number of methoxy groups -OCH3 is 1. The largest absolute Gasteiger partial charge is 0.492 e. The van der Waals surface area contributed by atoms with E-state index in [2.05, 4.69) is 15.0 Å². The molecule has 3 aromatic rings. The molecule has 38 heavy (non-hydrogen) atoms. The quantitative estimate of drug-likeness (QED) is 0.166. The molecule has 11 nitrogen and oxygen atoms in total. The van der Waals surface area contributed by atoms with Crippen molar-refractivity contribution in [1.29, 1.82) is 0 Å². The number of ether oxygens (including phenoxy) is 1. The maximum absolute atomic E-state index is 13.4. The van der Waals surface area contributed by atoms with Crippen LogP contribution in [0.25, 0.3) is 5.70 Å². The summed E-state index contributed by atoms with van der Waals surface area (Å²) in [7, 11) is -0.340. The molecule has 1 aromatic heterocycles. The van der Waals surface area contributed by atoms with E-state index in [1.54, 1.807) is 49.1 Å². The summed E-state index contributed by atoms with van der Waals surface area (Å²) >= 11 is 0. The zero-order valence-corrected chi connectivity index (χ0v) is 23.5. The van der Waals surface area contributed by atoms with Crippen LogP contribution in [0.3, 0.4) is 0 Å². The van der Waals surface area contributed by atoms with Gasteiger partial charge < -0.3 is 15.8 Å². The number of nitrogens with one attached hydrogen (secondary N) is 3. The molecule has 0 spiro atoms. The summed E-state index contributed by atoms with van der Waals surface area (Å²) in [4.78, 5) is 16.3. The van der Waals surface area contributed by atoms with Crippen LogP contribution in [-0.4, -0.2) is 32.7 Å². The molecule has 1 amide bonds. The number of hydrogen-bond acceptors (Lipinski definition) is 7. The van der Waals surface area contributed by atoms with E-state index in [0.717, 1.165) is 23.1 Å². The summed E-state index contributed by atoms with van der Waals surface area (Å²) < 4.78 is 33.8. The van der Waals surface area contributed by atoms with Crippen molar-refractivity contribution < 1.29 is 22.5 Å². The summed E-state index contributed by atoms with van der Waals surface area (Å²) in [5.41, 5.74) is 10.2. The number of hydrazine groups is 1. The minimum absolute atomic E-state index is 0.194. The second kappa shape index (κ2) is 10.8. The van der Waals surface area contributed by atoms with Gasteiger partial charge in [-0.1, -0.05) is 26.8 Å². The normalized spacial score (nSPS) is 12.3. The van der Waals surface area contributed by atoms with Gasteiger partial charge >= 0.3 is 0 Å². The van der Waals surface area contributed by atoms with Crippen molar-refractivity contribution in [2.75, 3.05) is 28.4 Å². The second-order valence-electron chi connectivity index (χ2n) is 10.1. The minimum atomic E-state index is -3.60. The van der Waals surface area contributed by atoms with Crippen LogP contribution in [0.15, 0.2) is 49.1 Å². The van der Waals surface area contributed by atoms with E-state index in [1.165, 1.54) is 12.1 Å². The first-order valence-corrected chi connectivity index (χ1v) is 13.7. The van der Waals surface area contributed by atoms with Gasteiger partial charge in [0.2, 0.25) is 16.4 Å². The van der Waals surface area contributed by atoms with E-state index in [9.17, 15) is 13.2 Å². The molecule has 204 valence electrons. The Kier molecular flexibility index (Phi) is 8.08. The van der Waals surface area contributed by atoms with Gasteiger partial charge in [0.15, 0.2) is 11.4 Å². The van der Waals surface area contributed by atoms with Crippen molar-refractivity contribution in [1.82, 2.24) is 4.98 Å². The number of nitrogens with two attached hydrogens (primary N) is 2. The van der Waals surface area contributed by atoms with Gasteiger partial charge in [-0.05, 0) is 47.7 Å². The van der Waals surface area contributed by atoms with Crippen LogP contribution in [0, 0.1) is 6.92 Å². The first-order valence-electron chi connectivity index (χ1n) is 11.8. The standard InChI is InChI=1S/C26H35N7O4S/c1-16-8-9-17(10-22(16)33(28)14-19(27)23-13-29-15-32(23)5)25(34)30-20-11-18(26(2,3)4)12-21(24(20)37-6)31-38(7,35)36/h8-15,31H,27-28H2,1-7H3,(H,30,34)/p+1/b19-14-. The van der Waals surface area contributed by atoms with Crippen LogP contribution >= 0.6 is 0 Å². The van der Waals surface area contributed by atoms with E-state index in [4.69, 9.17) is 16.3 Å². The summed E-state index contributed by atoms with van der Waals surface area (Å²) in [6, 6.07) is 8.59. The second-order valence-corrected chi connectivity index (χ2v) is 11.9. The number of carbonyl (C=O) groups is 1. The summed E-state index contributed by atoms with van der Waals surface area (Å²) in [5, 5.41) is 4.23. The van der Waals surface area contributed by atoms with Gasteiger partial charge in [-0.3, -0.25) is 14.5 Å². The molecule has 2 aromatic carbocycles. The van der Waals surface area contributed by atoms with Gasteiger partial charge in [-0.15, -0.1) is 0 Å². The van der Waals surface area contributed by atoms with E-state index in [0.29, 0.717) is 22.6 Å². The van der Waals surface area contributed by atoms with Crippen LogP contribution in [-0.2, 0) is 22.5 Å². The van der Waals surface area contributed by atoms with E-state index in [1.807, 2.05) is 39.3 Å². The van der Waals surface area contributed by atoms with E-state index < -0.39 is 15.9 Å². The van der Waals surface area contributed by atoms with Crippen LogP contribution in [0.4, 0.5) is 17.1 Å². The lowest BCUT2D eigenvalue weighted by Crippen LogP contribution is -2.33. The summed E-state index contributed by atoms with van der Waals surface area (Å²) in [6.45, 7) is 7.83.